The number of carbonyl (C=O) groups excluding carboxylic acids is 2. The lowest BCUT2D eigenvalue weighted by atomic mass is 10.1. The fourth-order valence-corrected chi connectivity index (χ4v) is 2.65. The van der Waals surface area contributed by atoms with Crippen molar-refractivity contribution in [1.29, 1.82) is 0 Å². The van der Waals surface area contributed by atoms with Crippen LogP contribution in [0.15, 0.2) is 18.2 Å². The van der Waals surface area contributed by atoms with Crippen molar-refractivity contribution in [2.45, 2.75) is 12.4 Å². The molecule has 6 nitrogen and oxygen atoms in total. The van der Waals surface area contributed by atoms with Crippen molar-refractivity contribution in [3.63, 3.8) is 0 Å². The third-order valence-corrected chi connectivity index (χ3v) is 4.04. The molecule has 1 fully saturated rings. The Morgan fingerprint density at radius 1 is 0.964 bits per heavy atom. The summed E-state index contributed by atoms with van der Waals surface area (Å²) in [6, 6.07) is 0.881. The zero-order chi connectivity index (χ0) is 21.1. The smallest absolute Gasteiger partial charge is 0.416 e. The van der Waals surface area contributed by atoms with E-state index < -0.39 is 41.2 Å². The topological polar surface area (TPSA) is 61.9 Å². The van der Waals surface area contributed by atoms with Crippen molar-refractivity contribution in [3.05, 3.63) is 29.3 Å². The average molecular weight is 413 g/mol. The lowest BCUT2D eigenvalue weighted by Crippen LogP contribution is -2.50. The van der Waals surface area contributed by atoms with Crippen LogP contribution in [0.3, 0.4) is 0 Å². The zero-order valence-electron chi connectivity index (χ0n) is 14.7. The summed E-state index contributed by atoms with van der Waals surface area (Å²) in [6.45, 7) is 0.925. The second-order valence-corrected chi connectivity index (χ2v) is 6.08. The van der Waals surface area contributed by atoms with Gasteiger partial charge in [0, 0.05) is 31.9 Å². The molecule has 1 aliphatic rings. The minimum atomic E-state index is -5.00. The standard InChI is InChI=1S/C16H17F6N3O3/c1-28-14(27)25-4-2-24(3-5-25)9-13(26)23-12-7-10(15(17,18)19)6-11(8-12)16(20,21)22/h6-8H,2-5,9H2,1H3,(H,23,26). The van der Waals surface area contributed by atoms with E-state index in [2.05, 4.69) is 10.1 Å². The molecule has 0 bridgehead atoms. The summed E-state index contributed by atoms with van der Waals surface area (Å²) in [7, 11) is 1.23. The molecule has 12 heteroatoms. The van der Waals surface area contributed by atoms with Crippen molar-refractivity contribution in [3.8, 4) is 0 Å². The highest BCUT2D eigenvalue weighted by Gasteiger charge is 2.37. The van der Waals surface area contributed by atoms with Crippen LogP contribution in [-0.4, -0.2) is 61.6 Å². The first kappa shape index (κ1) is 21.8. The number of nitrogens with zero attached hydrogens (tertiary/aromatic N) is 2. The molecule has 2 amide bonds. The maximum atomic E-state index is 12.8. The minimum absolute atomic E-state index is 0.0122. The largest absolute Gasteiger partial charge is 0.453 e. The number of amides is 2. The van der Waals surface area contributed by atoms with E-state index in [0.717, 1.165) is 0 Å². The summed E-state index contributed by atoms with van der Waals surface area (Å²) < 4.78 is 81.6. The molecule has 2 rings (SSSR count). The van der Waals surface area contributed by atoms with Gasteiger partial charge in [0.2, 0.25) is 5.91 Å². The number of piperazine rings is 1. The summed E-state index contributed by atoms with van der Waals surface area (Å²) in [5.41, 5.74) is -3.62. The first-order chi connectivity index (χ1) is 12.9. The van der Waals surface area contributed by atoms with Crippen molar-refractivity contribution in [2.24, 2.45) is 0 Å². The van der Waals surface area contributed by atoms with Crippen LogP contribution >= 0.6 is 0 Å². The Kier molecular flexibility index (Phi) is 6.42. The van der Waals surface area contributed by atoms with E-state index in [1.807, 2.05) is 0 Å². The van der Waals surface area contributed by atoms with Crippen LogP contribution in [0, 0.1) is 0 Å². The highest BCUT2D eigenvalue weighted by atomic mass is 19.4. The van der Waals surface area contributed by atoms with Gasteiger partial charge in [-0.3, -0.25) is 9.69 Å². The van der Waals surface area contributed by atoms with Gasteiger partial charge in [0.05, 0.1) is 24.8 Å². The van der Waals surface area contributed by atoms with Gasteiger partial charge in [-0.15, -0.1) is 0 Å². The minimum Gasteiger partial charge on any atom is -0.453 e. The number of nitrogens with one attached hydrogen (secondary N) is 1. The van der Waals surface area contributed by atoms with Gasteiger partial charge in [-0.2, -0.15) is 26.3 Å². The molecule has 0 radical (unpaired) electrons. The van der Waals surface area contributed by atoms with Crippen molar-refractivity contribution >= 4 is 17.7 Å². The third kappa shape index (κ3) is 5.75. The SMILES string of the molecule is COC(=O)N1CCN(CC(=O)Nc2cc(C(F)(F)F)cc(C(F)(F)F)c2)CC1. The Hall–Kier alpha value is -2.50. The van der Waals surface area contributed by atoms with Crippen molar-refractivity contribution in [1.82, 2.24) is 9.80 Å². The van der Waals surface area contributed by atoms with Crippen LogP contribution in [0.5, 0.6) is 0 Å². The Morgan fingerprint density at radius 2 is 1.46 bits per heavy atom. The molecule has 156 valence electrons. The Morgan fingerprint density at radius 3 is 1.89 bits per heavy atom. The number of anilines is 1. The number of benzene rings is 1. The Labute approximate surface area is 156 Å². The van der Waals surface area contributed by atoms with Gasteiger partial charge in [-0.25, -0.2) is 4.79 Å². The highest BCUT2D eigenvalue weighted by molar-refractivity contribution is 5.92. The molecule has 0 saturated carbocycles. The van der Waals surface area contributed by atoms with Crippen LogP contribution in [0.1, 0.15) is 11.1 Å². The molecular weight excluding hydrogens is 396 g/mol. The molecule has 1 heterocycles. The molecular formula is C16H17F6N3O3. The zero-order valence-corrected chi connectivity index (χ0v) is 14.7. The summed E-state index contributed by atoms with van der Waals surface area (Å²) >= 11 is 0. The molecule has 0 spiro atoms. The number of ether oxygens (including phenoxy) is 1. The number of methoxy groups -OCH3 is 1. The molecule has 0 aliphatic carbocycles. The number of halogens is 6. The van der Waals surface area contributed by atoms with E-state index in [-0.39, 0.29) is 25.7 Å². The molecule has 0 aromatic heterocycles. The Bertz CT molecular complexity index is 695. The highest BCUT2D eigenvalue weighted by Crippen LogP contribution is 2.37. The molecule has 1 aromatic carbocycles. The van der Waals surface area contributed by atoms with E-state index in [0.29, 0.717) is 25.2 Å². The van der Waals surface area contributed by atoms with Gasteiger partial charge in [0.1, 0.15) is 0 Å². The van der Waals surface area contributed by atoms with Gasteiger partial charge in [0.25, 0.3) is 0 Å². The van der Waals surface area contributed by atoms with Crippen molar-refractivity contribution < 1.29 is 40.7 Å². The van der Waals surface area contributed by atoms with E-state index in [1.54, 1.807) is 4.90 Å². The molecule has 1 saturated heterocycles. The number of carbonyl (C=O) groups is 2. The lowest BCUT2D eigenvalue weighted by Gasteiger charge is -2.33. The van der Waals surface area contributed by atoms with Crippen LogP contribution in [0.4, 0.5) is 36.8 Å². The summed E-state index contributed by atoms with van der Waals surface area (Å²) in [5, 5.41) is 2.07. The second kappa shape index (κ2) is 8.25. The van der Waals surface area contributed by atoms with Gasteiger partial charge < -0.3 is 15.0 Å². The van der Waals surface area contributed by atoms with Crippen LogP contribution in [-0.2, 0) is 21.9 Å². The molecule has 1 N–H and O–H groups in total. The molecule has 0 atom stereocenters. The molecule has 1 aromatic rings. The van der Waals surface area contributed by atoms with Gasteiger partial charge in [0.15, 0.2) is 0 Å². The predicted octanol–water partition coefficient (Wildman–Crippen LogP) is 3.05. The Balaban J connectivity index is 2.05. The predicted molar refractivity (Wildman–Crippen MR) is 85.5 cm³/mol. The second-order valence-electron chi connectivity index (χ2n) is 6.08. The first-order valence-corrected chi connectivity index (χ1v) is 8.04. The van der Waals surface area contributed by atoms with E-state index in [1.165, 1.54) is 12.0 Å². The number of hydrogen-bond donors (Lipinski definition) is 1. The quantitative estimate of drug-likeness (QED) is 0.774. The maximum absolute atomic E-state index is 12.8. The van der Waals surface area contributed by atoms with Gasteiger partial charge in [-0.1, -0.05) is 0 Å². The van der Waals surface area contributed by atoms with E-state index in [9.17, 15) is 35.9 Å². The van der Waals surface area contributed by atoms with E-state index in [4.69, 9.17) is 0 Å². The van der Waals surface area contributed by atoms with Gasteiger partial charge >= 0.3 is 18.4 Å². The fraction of sp³-hybridized carbons (Fsp3) is 0.500. The first-order valence-electron chi connectivity index (χ1n) is 8.04. The average Bonchev–Trinajstić information content (AvgIpc) is 2.59. The maximum Gasteiger partial charge on any atom is 0.416 e. The molecule has 28 heavy (non-hydrogen) atoms. The third-order valence-electron chi connectivity index (χ3n) is 4.04. The van der Waals surface area contributed by atoms with Crippen LogP contribution in [0.25, 0.3) is 0 Å². The number of rotatable bonds is 3. The number of hydrogen-bond acceptors (Lipinski definition) is 4. The van der Waals surface area contributed by atoms with Gasteiger partial charge in [-0.05, 0) is 18.2 Å². The number of alkyl halides is 6. The summed E-state index contributed by atoms with van der Waals surface area (Å²) in [6.07, 6.45) is -10.5. The monoisotopic (exact) mass is 413 g/mol. The molecule has 0 unspecified atom stereocenters. The fourth-order valence-electron chi connectivity index (χ4n) is 2.65. The summed E-state index contributed by atoms with van der Waals surface area (Å²) in [5.74, 6) is -0.765. The normalized spacial score (nSPS) is 16.0. The van der Waals surface area contributed by atoms with E-state index >= 15 is 0 Å². The molecule has 1 aliphatic heterocycles. The lowest BCUT2D eigenvalue weighted by molar-refractivity contribution is -0.143. The van der Waals surface area contributed by atoms with Crippen LogP contribution in [0.2, 0.25) is 0 Å². The summed E-state index contributed by atoms with van der Waals surface area (Å²) in [4.78, 5) is 26.5. The van der Waals surface area contributed by atoms with Crippen molar-refractivity contribution in [2.75, 3.05) is 45.2 Å². The van der Waals surface area contributed by atoms with Crippen LogP contribution < -0.4 is 5.32 Å².